The number of halogens is 5. The first kappa shape index (κ1) is 25.9. The average Bonchev–Trinajstić information content (AvgIpc) is 2.83. The Balaban J connectivity index is 1.65. The van der Waals surface area contributed by atoms with E-state index in [1.54, 1.807) is 17.4 Å². The van der Waals surface area contributed by atoms with Crippen LogP contribution in [0, 0.1) is 0 Å². The second kappa shape index (κ2) is 10.3. The Bertz CT molecular complexity index is 1120. The Morgan fingerprint density at radius 3 is 2.26 bits per heavy atom. The summed E-state index contributed by atoms with van der Waals surface area (Å²) in [5.41, 5.74) is 1.91. The molecule has 0 unspecified atom stereocenters. The molecule has 1 aliphatic rings. The van der Waals surface area contributed by atoms with Crippen LogP contribution < -0.4 is 14.8 Å². The minimum absolute atomic E-state index is 0.174. The zero-order valence-electron chi connectivity index (χ0n) is 18.8. The van der Waals surface area contributed by atoms with Gasteiger partial charge < -0.3 is 14.8 Å². The Labute approximate surface area is 197 Å². The molecule has 0 saturated carbocycles. The molecule has 0 atom stereocenters. The lowest BCUT2D eigenvalue weighted by atomic mass is 10.0. The molecular weight excluding hydrogens is 477 g/mol. The summed E-state index contributed by atoms with van der Waals surface area (Å²) in [6.45, 7) is 0.216. The lowest BCUT2D eigenvalue weighted by Crippen LogP contribution is -2.47. The number of alkyl halides is 5. The van der Waals surface area contributed by atoms with Gasteiger partial charge in [-0.1, -0.05) is 12.1 Å². The lowest BCUT2D eigenvalue weighted by molar-refractivity contribution is -0.267. The molecule has 12 heteroatoms. The maximum absolute atomic E-state index is 13.1. The molecule has 0 saturated heterocycles. The van der Waals surface area contributed by atoms with Crippen LogP contribution >= 0.6 is 0 Å². The Kier molecular flexibility index (Phi) is 7.61. The number of hydrogen-bond donors (Lipinski definition) is 1. The van der Waals surface area contributed by atoms with Crippen LogP contribution in [0.25, 0.3) is 0 Å². The molecule has 2 amide bonds. The maximum Gasteiger partial charge on any atom is 0.463 e. The Morgan fingerprint density at radius 1 is 1.00 bits per heavy atom. The molecule has 0 bridgehead atoms. The molecule has 3 rings (SSSR count). The lowest BCUT2D eigenvalue weighted by Gasteiger charge is -2.24. The third-order valence-electron chi connectivity index (χ3n) is 5.29. The first-order chi connectivity index (χ1) is 16.5. The fourth-order valence-corrected chi connectivity index (χ4v) is 3.33. The summed E-state index contributed by atoms with van der Waals surface area (Å²) in [6.07, 6.45) is -4.96. The zero-order valence-corrected chi connectivity index (χ0v) is 18.8. The summed E-state index contributed by atoms with van der Waals surface area (Å²) in [4.78, 5) is 23.6. The fourth-order valence-electron chi connectivity index (χ4n) is 3.33. The van der Waals surface area contributed by atoms with E-state index in [0.717, 1.165) is 5.56 Å². The number of carbonyl (C=O) groups is 2. The van der Waals surface area contributed by atoms with E-state index in [2.05, 4.69) is 5.10 Å². The second-order valence-electron chi connectivity index (χ2n) is 7.61. The average molecular weight is 499 g/mol. The van der Waals surface area contributed by atoms with Crippen molar-refractivity contribution in [1.82, 2.24) is 5.01 Å². The fraction of sp³-hybridized carbons (Fsp3) is 0.348. The third kappa shape index (κ3) is 5.87. The van der Waals surface area contributed by atoms with Crippen LogP contribution in [-0.2, 0) is 16.0 Å². The molecule has 0 aromatic heterocycles. The highest BCUT2D eigenvalue weighted by atomic mass is 19.4. The van der Waals surface area contributed by atoms with Gasteiger partial charge in [0.15, 0.2) is 11.5 Å². The molecule has 188 valence electrons. The van der Waals surface area contributed by atoms with Crippen molar-refractivity contribution in [2.24, 2.45) is 5.10 Å². The molecule has 2 aromatic rings. The van der Waals surface area contributed by atoms with Crippen molar-refractivity contribution in [2.75, 3.05) is 26.1 Å². The highest BCUT2D eigenvalue weighted by Gasteiger charge is 2.63. The molecule has 7 nitrogen and oxygen atoms in total. The SMILES string of the molecule is COc1ccc(C2=NN(CCc3ccc(NC(=O)C(F)(F)C(F)(F)F)cc3)C(=O)CC2)cc1OC. The van der Waals surface area contributed by atoms with E-state index >= 15 is 0 Å². The van der Waals surface area contributed by atoms with Gasteiger partial charge in [0.05, 0.1) is 19.9 Å². The van der Waals surface area contributed by atoms with Crippen molar-refractivity contribution in [2.45, 2.75) is 31.4 Å². The maximum atomic E-state index is 13.1. The van der Waals surface area contributed by atoms with Crippen molar-refractivity contribution >= 4 is 23.2 Å². The normalized spacial score (nSPS) is 14.4. The van der Waals surface area contributed by atoms with Gasteiger partial charge in [-0.15, -0.1) is 0 Å². The van der Waals surface area contributed by atoms with Crippen LogP contribution in [0.2, 0.25) is 0 Å². The number of methoxy groups -OCH3 is 2. The number of hydrazone groups is 1. The van der Waals surface area contributed by atoms with E-state index in [9.17, 15) is 31.5 Å². The van der Waals surface area contributed by atoms with Crippen LogP contribution in [0.3, 0.4) is 0 Å². The van der Waals surface area contributed by atoms with Crippen molar-refractivity contribution < 1.29 is 41.0 Å². The van der Waals surface area contributed by atoms with E-state index in [0.29, 0.717) is 35.6 Å². The van der Waals surface area contributed by atoms with E-state index < -0.39 is 18.0 Å². The van der Waals surface area contributed by atoms with E-state index in [-0.39, 0.29) is 24.6 Å². The molecule has 0 aliphatic carbocycles. The molecule has 0 fully saturated rings. The van der Waals surface area contributed by atoms with Gasteiger partial charge in [0, 0.05) is 30.6 Å². The van der Waals surface area contributed by atoms with E-state index in [4.69, 9.17) is 9.47 Å². The van der Waals surface area contributed by atoms with Gasteiger partial charge in [0.25, 0.3) is 0 Å². The minimum Gasteiger partial charge on any atom is -0.493 e. The van der Waals surface area contributed by atoms with Crippen molar-refractivity contribution in [3.8, 4) is 11.5 Å². The van der Waals surface area contributed by atoms with Crippen LogP contribution in [-0.4, -0.2) is 55.4 Å². The summed E-state index contributed by atoms with van der Waals surface area (Å²) in [7, 11) is 3.03. The van der Waals surface area contributed by atoms with Gasteiger partial charge in [0.2, 0.25) is 5.91 Å². The second-order valence-corrected chi connectivity index (χ2v) is 7.61. The van der Waals surface area contributed by atoms with Crippen LogP contribution in [0.4, 0.5) is 27.6 Å². The standard InChI is InChI=1S/C23H22F5N3O4/c1-34-18-9-5-15(13-19(18)35-2)17-8-10-20(32)31(30-17)12-11-14-3-6-16(7-4-14)29-21(33)22(24,25)23(26,27)28/h3-7,9,13H,8,10-12H2,1-2H3,(H,29,33). The number of nitrogens with zero attached hydrogens (tertiary/aromatic N) is 2. The first-order valence-electron chi connectivity index (χ1n) is 10.4. The smallest absolute Gasteiger partial charge is 0.463 e. The predicted octanol–water partition coefficient (Wildman–Crippen LogP) is 4.41. The Hall–Kier alpha value is -3.70. The number of ether oxygens (including phenoxy) is 2. The summed E-state index contributed by atoms with van der Waals surface area (Å²) in [6, 6.07) is 10.6. The quantitative estimate of drug-likeness (QED) is 0.546. The molecule has 35 heavy (non-hydrogen) atoms. The summed E-state index contributed by atoms with van der Waals surface area (Å²) >= 11 is 0. The van der Waals surface area contributed by atoms with Gasteiger partial charge in [-0.05, 0) is 42.3 Å². The molecule has 1 aliphatic heterocycles. The van der Waals surface area contributed by atoms with Crippen LogP contribution in [0.15, 0.2) is 47.6 Å². The number of benzene rings is 2. The number of nitrogens with one attached hydrogen (secondary N) is 1. The van der Waals surface area contributed by atoms with Gasteiger partial charge >= 0.3 is 18.0 Å². The predicted molar refractivity (Wildman–Crippen MR) is 117 cm³/mol. The number of rotatable bonds is 8. The van der Waals surface area contributed by atoms with Crippen LogP contribution in [0.5, 0.6) is 11.5 Å². The van der Waals surface area contributed by atoms with Gasteiger partial charge in [0.1, 0.15) is 0 Å². The highest BCUT2D eigenvalue weighted by Crippen LogP contribution is 2.36. The molecule has 1 N–H and O–H groups in total. The molecule has 0 spiro atoms. The zero-order chi connectivity index (χ0) is 25.8. The number of anilines is 1. The van der Waals surface area contributed by atoms with Crippen molar-refractivity contribution in [3.63, 3.8) is 0 Å². The summed E-state index contributed by atoms with van der Waals surface area (Å²) < 4.78 is 73.6. The summed E-state index contributed by atoms with van der Waals surface area (Å²) in [5, 5.41) is 7.33. The van der Waals surface area contributed by atoms with Crippen molar-refractivity contribution in [3.05, 3.63) is 53.6 Å². The topological polar surface area (TPSA) is 80.2 Å². The molecule has 1 heterocycles. The van der Waals surface area contributed by atoms with E-state index in [1.165, 1.54) is 43.5 Å². The number of amides is 2. The van der Waals surface area contributed by atoms with Gasteiger partial charge in [-0.25, -0.2) is 5.01 Å². The van der Waals surface area contributed by atoms with Gasteiger partial charge in [-0.3, -0.25) is 9.59 Å². The monoisotopic (exact) mass is 499 g/mol. The molecular formula is C23H22F5N3O4. The largest absolute Gasteiger partial charge is 0.493 e. The minimum atomic E-state index is -5.99. The van der Waals surface area contributed by atoms with Gasteiger partial charge in [-0.2, -0.15) is 27.1 Å². The summed E-state index contributed by atoms with van der Waals surface area (Å²) in [5.74, 6) is -7.07. The number of hydrogen-bond acceptors (Lipinski definition) is 5. The third-order valence-corrected chi connectivity index (χ3v) is 5.29. The number of carbonyl (C=O) groups excluding carboxylic acids is 2. The highest BCUT2D eigenvalue weighted by molar-refractivity contribution is 6.04. The van der Waals surface area contributed by atoms with Crippen molar-refractivity contribution in [1.29, 1.82) is 0 Å². The van der Waals surface area contributed by atoms with Crippen LogP contribution in [0.1, 0.15) is 24.0 Å². The first-order valence-corrected chi connectivity index (χ1v) is 10.4. The molecule has 0 radical (unpaired) electrons. The van der Waals surface area contributed by atoms with E-state index in [1.807, 2.05) is 6.07 Å². The Morgan fingerprint density at radius 2 is 1.66 bits per heavy atom. The molecule has 2 aromatic carbocycles.